The molecule has 3 aliphatic heterocycles. The summed E-state index contributed by atoms with van der Waals surface area (Å²) in [6, 6.07) is -1.10. The van der Waals surface area contributed by atoms with Crippen LogP contribution < -0.4 is 0 Å². The zero-order valence-corrected chi connectivity index (χ0v) is 31.7. The number of hydrogen-bond donors (Lipinski definition) is 1. The second kappa shape index (κ2) is 17.1. The van der Waals surface area contributed by atoms with Crippen molar-refractivity contribution in [2.45, 2.75) is 141 Å². The fourth-order valence-electron chi connectivity index (χ4n) is 8.22. The van der Waals surface area contributed by atoms with Crippen LogP contribution in [0.4, 0.5) is 4.79 Å². The number of esters is 1. The number of azide groups is 1. The maximum absolute atomic E-state index is 14.4. The lowest BCUT2D eigenvalue weighted by atomic mass is 9.73. The number of carbonyl (C=O) groups is 4. The first kappa shape index (κ1) is 41.6. The summed E-state index contributed by atoms with van der Waals surface area (Å²) in [5.41, 5.74) is 5.97. The van der Waals surface area contributed by atoms with E-state index in [2.05, 4.69) is 10.0 Å². The molecule has 0 saturated carbocycles. The number of likely N-dealkylation sites (N-methyl/N-ethyl adjacent to an activating group) is 1. The molecule has 3 heterocycles. The van der Waals surface area contributed by atoms with Crippen molar-refractivity contribution in [1.29, 1.82) is 0 Å². The minimum Gasteiger partial charge on any atom is -0.458 e. The van der Waals surface area contributed by atoms with E-state index in [0.29, 0.717) is 19.3 Å². The Balaban J connectivity index is 2.10. The van der Waals surface area contributed by atoms with Crippen LogP contribution in [0, 0.1) is 23.7 Å². The molecule has 0 radical (unpaired) electrons. The predicted octanol–water partition coefficient (Wildman–Crippen LogP) is 4.28. The number of methoxy groups -OCH3 is 1. The predicted molar refractivity (Wildman–Crippen MR) is 183 cm³/mol. The quantitative estimate of drug-likeness (QED) is 0.0851. The highest BCUT2D eigenvalue weighted by Crippen LogP contribution is 2.43. The van der Waals surface area contributed by atoms with Gasteiger partial charge >= 0.3 is 12.1 Å². The Morgan fingerprint density at radius 2 is 1.72 bits per heavy atom. The number of rotatable bonds is 10. The van der Waals surface area contributed by atoms with E-state index < -0.39 is 83.4 Å². The zero-order valence-electron chi connectivity index (χ0n) is 31.7. The molecule has 1 amide bonds. The summed E-state index contributed by atoms with van der Waals surface area (Å²) in [7, 11) is 5.20. The molecule has 1 unspecified atom stereocenters. The van der Waals surface area contributed by atoms with E-state index >= 15 is 0 Å². The van der Waals surface area contributed by atoms with Gasteiger partial charge in [-0.15, -0.1) is 0 Å². The number of cyclic esters (lactones) is 1. The fourth-order valence-corrected chi connectivity index (χ4v) is 8.22. The number of ether oxygens (including phenoxy) is 5. The van der Waals surface area contributed by atoms with Crippen molar-refractivity contribution in [2.75, 3.05) is 34.3 Å². The molecule has 3 fully saturated rings. The maximum atomic E-state index is 14.4. The first-order chi connectivity index (χ1) is 23.4. The summed E-state index contributed by atoms with van der Waals surface area (Å²) in [5.74, 6) is -5.05. The normalized spacial score (nSPS) is 40.5. The molecule has 3 rings (SSSR count). The number of hydrogen-bond acceptors (Lipinski definition) is 12. The van der Waals surface area contributed by atoms with Gasteiger partial charge in [-0.2, -0.15) is 0 Å². The van der Waals surface area contributed by atoms with Gasteiger partial charge in [0.1, 0.15) is 23.9 Å². The number of aliphatic hydroxyl groups is 1. The van der Waals surface area contributed by atoms with Crippen molar-refractivity contribution in [3.8, 4) is 0 Å². The van der Waals surface area contributed by atoms with Crippen LogP contribution in [0.15, 0.2) is 5.11 Å². The van der Waals surface area contributed by atoms with Gasteiger partial charge in [-0.25, -0.2) is 4.79 Å². The van der Waals surface area contributed by atoms with Crippen LogP contribution in [-0.2, 0) is 38.1 Å². The Hall–Kier alpha value is -2.81. The van der Waals surface area contributed by atoms with Gasteiger partial charge < -0.3 is 38.6 Å². The number of ketones is 2. The van der Waals surface area contributed by atoms with Gasteiger partial charge in [-0.3, -0.25) is 14.4 Å². The highest BCUT2D eigenvalue weighted by atomic mass is 16.7. The molecule has 3 aliphatic rings. The lowest BCUT2D eigenvalue weighted by Gasteiger charge is -2.47. The van der Waals surface area contributed by atoms with Crippen LogP contribution in [0.3, 0.4) is 0 Å². The van der Waals surface area contributed by atoms with Crippen molar-refractivity contribution in [3.63, 3.8) is 0 Å². The molecular formula is C35H59N5O10. The number of nitrogens with zero attached hydrogens (tertiary/aromatic N) is 5. The van der Waals surface area contributed by atoms with Crippen LogP contribution >= 0.6 is 0 Å². The second-order valence-electron chi connectivity index (χ2n) is 15.0. The number of Topliss-reactive ketones (excluding diaryl/α,β-unsaturated/α-hetero) is 2. The summed E-state index contributed by atoms with van der Waals surface area (Å²) in [6.07, 6.45) is -3.16. The van der Waals surface area contributed by atoms with Crippen molar-refractivity contribution in [2.24, 2.45) is 28.8 Å². The highest BCUT2D eigenvalue weighted by Gasteiger charge is 2.60. The lowest BCUT2D eigenvalue weighted by Crippen LogP contribution is -2.60. The minimum absolute atomic E-state index is 0.116. The molecule has 284 valence electrons. The molecule has 13 atom stereocenters. The smallest absolute Gasteiger partial charge is 0.410 e. The Bertz CT molecular complexity index is 1280. The number of aliphatic hydroxyl groups excluding tert-OH is 1. The van der Waals surface area contributed by atoms with Crippen LogP contribution in [0.5, 0.6) is 0 Å². The topological polar surface area (TPSA) is 190 Å². The summed E-state index contributed by atoms with van der Waals surface area (Å²) < 4.78 is 30.8. The van der Waals surface area contributed by atoms with Crippen LogP contribution in [0.25, 0.3) is 10.4 Å². The summed E-state index contributed by atoms with van der Waals surface area (Å²) in [6.45, 7) is 14.2. The fraction of sp³-hybridized carbons (Fsp3) is 0.886. The molecule has 0 aromatic carbocycles. The monoisotopic (exact) mass is 709 g/mol. The molecule has 15 heteroatoms. The number of amides is 1. The standard InChI is InChI=1S/C35H59N5O10/c1-12-25-35(8)29(40(33(45)50-35)16-14-13-15-37-38-36)21(4)26(41)19(2)18-34(7,46-11)30(22(5)27(42)23(6)31(44)48-25)49-32-28(43)24(39(9)10)17-20(3)47-32/h19-25,28-30,32,43H,12-18H2,1-11H3/t19-,20-,21+,22+,23-,24+,25?,28-,29-,30-,32+,34-,35-/m1/s1. The Kier molecular flexibility index (Phi) is 14.3. The third-order valence-electron chi connectivity index (χ3n) is 11.1. The molecular weight excluding hydrogens is 650 g/mol. The van der Waals surface area contributed by atoms with Crippen LogP contribution in [0.2, 0.25) is 0 Å². The largest absolute Gasteiger partial charge is 0.458 e. The first-order valence-electron chi connectivity index (χ1n) is 17.9. The molecule has 1 N–H and O–H groups in total. The van der Waals surface area contributed by atoms with Gasteiger partial charge in [-0.1, -0.05) is 32.8 Å². The molecule has 0 spiro atoms. The third kappa shape index (κ3) is 8.62. The molecule has 0 aromatic rings. The number of fused-ring (bicyclic) bond motifs is 1. The van der Waals surface area contributed by atoms with Crippen molar-refractivity contribution < 1.29 is 48.0 Å². The van der Waals surface area contributed by atoms with E-state index in [4.69, 9.17) is 29.2 Å². The van der Waals surface area contributed by atoms with Gasteiger partial charge in [0, 0.05) is 48.9 Å². The van der Waals surface area contributed by atoms with Crippen LogP contribution in [0.1, 0.15) is 87.5 Å². The van der Waals surface area contributed by atoms with Crippen molar-refractivity contribution in [3.05, 3.63) is 10.4 Å². The Morgan fingerprint density at radius 3 is 2.30 bits per heavy atom. The molecule has 0 bridgehead atoms. The van der Waals surface area contributed by atoms with E-state index in [0.717, 1.165) is 0 Å². The Labute approximate surface area is 296 Å². The molecule has 15 nitrogen and oxygen atoms in total. The summed E-state index contributed by atoms with van der Waals surface area (Å²) in [4.78, 5) is 62.0. The third-order valence-corrected chi connectivity index (χ3v) is 11.1. The minimum atomic E-state index is -1.41. The maximum Gasteiger partial charge on any atom is 0.410 e. The van der Waals surface area contributed by atoms with Crippen molar-refractivity contribution >= 4 is 23.6 Å². The lowest BCUT2D eigenvalue weighted by molar-refractivity contribution is -0.295. The van der Waals surface area contributed by atoms with Crippen molar-refractivity contribution in [1.82, 2.24) is 9.80 Å². The SMILES string of the molecule is CCC1OC(=O)[C@H](C)C(=O)[C@H](C)[C@@H](O[C@@H]2O[C@H](C)C[C@H](N(C)C)[C@H]2O)[C@](C)(OC)C[C@@H](C)C(=O)[C@H](C)[C@H]2N(CCCCN=[N+]=[N-])C(=O)O[C@]12C. The molecule has 50 heavy (non-hydrogen) atoms. The zero-order chi connectivity index (χ0) is 37.7. The van der Waals surface area contributed by atoms with E-state index in [1.54, 1.807) is 41.5 Å². The summed E-state index contributed by atoms with van der Waals surface area (Å²) in [5, 5.41) is 14.9. The van der Waals surface area contributed by atoms with Gasteiger partial charge in [0.2, 0.25) is 0 Å². The second-order valence-corrected chi connectivity index (χ2v) is 15.0. The average molecular weight is 710 g/mol. The van der Waals surface area contributed by atoms with E-state index in [1.807, 2.05) is 25.9 Å². The van der Waals surface area contributed by atoms with E-state index in [-0.39, 0.29) is 43.9 Å². The molecule has 3 saturated heterocycles. The Morgan fingerprint density at radius 1 is 1.06 bits per heavy atom. The van der Waals surface area contributed by atoms with Gasteiger partial charge in [0.05, 0.1) is 23.9 Å². The number of carbonyl (C=O) groups excluding carboxylic acids is 4. The summed E-state index contributed by atoms with van der Waals surface area (Å²) >= 11 is 0. The van der Waals surface area contributed by atoms with Gasteiger partial charge in [0.15, 0.2) is 17.7 Å². The molecule has 0 aromatic heterocycles. The van der Waals surface area contributed by atoms with Crippen LogP contribution in [-0.4, -0.2) is 127 Å². The molecule has 0 aliphatic carbocycles. The first-order valence-corrected chi connectivity index (χ1v) is 17.9. The van der Waals surface area contributed by atoms with Gasteiger partial charge in [-0.05, 0) is 79.4 Å². The number of unbranched alkanes of at least 4 members (excludes halogenated alkanes) is 1. The average Bonchev–Trinajstić information content (AvgIpc) is 3.33. The van der Waals surface area contributed by atoms with E-state index in [9.17, 15) is 24.3 Å². The van der Waals surface area contributed by atoms with E-state index in [1.165, 1.54) is 18.9 Å². The van der Waals surface area contributed by atoms with Gasteiger partial charge in [0.25, 0.3) is 0 Å². The highest BCUT2D eigenvalue weighted by molar-refractivity contribution is 6.00.